The van der Waals surface area contributed by atoms with E-state index in [1.807, 2.05) is 23.1 Å². The van der Waals surface area contributed by atoms with Gasteiger partial charge in [0.1, 0.15) is 6.61 Å². The minimum Gasteiger partial charge on any atom is -0.454 e. The van der Waals surface area contributed by atoms with E-state index in [0.717, 1.165) is 43.8 Å². The average Bonchev–Trinajstić information content (AvgIpc) is 3.23. The third-order valence-corrected chi connectivity index (χ3v) is 6.03. The number of anilines is 1. The molecule has 2 heterocycles. The highest BCUT2D eigenvalue weighted by Gasteiger charge is 2.31. The predicted octanol–water partition coefficient (Wildman–Crippen LogP) is 3.91. The molecule has 1 amide bonds. The van der Waals surface area contributed by atoms with Crippen molar-refractivity contribution in [2.75, 3.05) is 38.5 Å². The van der Waals surface area contributed by atoms with Crippen molar-refractivity contribution in [1.29, 1.82) is 0 Å². The molecule has 4 rings (SSSR count). The molecule has 0 radical (unpaired) electrons. The highest BCUT2D eigenvalue weighted by molar-refractivity contribution is 5.95. The van der Waals surface area contributed by atoms with E-state index < -0.39 is 0 Å². The van der Waals surface area contributed by atoms with Crippen LogP contribution in [0.1, 0.15) is 25.3 Å². The molecule has 1 unspecified atom stereocenters. The molecule has 7 heteroatoms. The van der Waals surface area contributed by atoms with Gasteiger partial charge in [0, 0.05) is 44.0 Å². The van der Waals surface area contributed by atoms with Crippen molar-refractivity contribution >= 4 is 24.0 Å². The van der Waals surface area contributed by atoms with Gasteiger partial charge in [0.15, 0.2) is 11.5 Å². The molecule has 0 aromatic heterocycles. The first-order valence-electron chi connectivity index (χ1n) is 10.6. The van der Waals surface area contributed by atoms with E-state index in [-0.39, 0.29) is 37.8 Å². The van der Waals surface area contributed by atoms with Gasteiger partial charge in [0.2, 0.25) is 6.79 Å². The van der Waals surface area contributed by atoms with E-state index in [0.29, 0.717) is 11.8 Å². The Hall–Kier alpha value is -2.28. The van der Waals surface area contributed by atoms with Crippen molar-refractivity contribution in [1.82, 2.24) is 4.90 Å². The SMILES string of the molecule is COCC(=O)N(c1ccc2c(c1)OCO2)C1CCN(C(C)Cc2ccccc2)CC1.Cl. The summed E-state index contributed by atoms with van der Waals surface area (Å²) in [5.41, 5.74) is 2.21. The highest BCUT2D eigenvalue weighted by atomic mass is 35.5. The zero-order valence-electron chi connectivity index (χ0n) is 18.2. The van der Waals surface area contributed by atoms with Gasteiger partial charge in [0.25, 0.3) is 5.91 Å². The molecule has 2 aliphatic rings. The van der Waals surface area contributed by atoms with E-state index in [1.54, 1.807) is 7.11 Å². The van der Waals surface area contributed by atoms with Crippen LogP contribution in [0.5, 0.6) is 11.5 Å². The number of piperidine rings is 1. The lowest BCUT2D eigenvalue weighted by Crippen LogP contribution is -2.50. The number of carbonyl (C=O) groups excluding carboxylic acids is 1. The molecule has 0 spiro atoms. The van der Waals surface area contributed by atoms with E-state index >= 15 is 0 Å². The van der Waals surface area contributed by atoms with Crippen LogP contribution in [-0.2, 0) is 16.0 Å². The van der Waals surface area contributed by atoms with Crippen LogP contribution in [0.3, 0.4) is 0 Å². The Morgan fingerprint density at radius 3 is 2.55 bits per heavy atom. The number of benzene rings is 2. The van der Waals surface area contributed by atoms with Gasteiger partial charge >= 0.3 is 0 Å². The molecule has 2 aromatic rings. The van der Waals surface area contributed by atoms with Crippen molar-refractivity contribution in [2.45, 2.75) is 38.3 Å². The standard InChI is InChI=1S/C24H30N2O4.ClH/c1-18(14-19-6-4-3-5-7-19)25-12-10-20(11-13-25)26(24(27)16-28-2)21-8-9-22-23(15-21)30-17-29-22;/h3-9,15,18,20H,10-14,16-17H2,1-2H3;1H. The Labute approximate surface area is 190 Å². The molecule has 1 fully saturated rings. The molecule has 0 aliphatic carbocycles. The normalized spacial score (nSPS) is 17.1. The summed E-state index contributed by atoms with van der Waals surface area (Å²) in [4.78, 5) is 17.3. The van der Waals surface area contributed by atoms with Crippen molar-refractivity contribution in [3.05, 3.63) is 54.1 Å². The van der Waals surface area contributed by atoms with E-state index in [9.17, 15) is 4.79 Å². The second kappa shape index (κ2) is 10.8. The lowest BCUT2D eigenvalue weighted by molar-refractivity contribution is -0.122. The molecular weight excluding hydrogens is 416 g/mol. The number of likely N-dealkylation sites (tertiary alicyclic amines) is 1. The van der Waals surface area contributed by atoms with Crippen LogP contribution in [0.15, 0.2) is 48.5 Å². The second-order valence-corrected chi connectivity index (χ2v) is 8.04. The maximum atomic E-state index is 12.9. The number of carbonyl (C=O) groups is 1. The summed E-state index contributed by atoms with van der Waals surface area (Å²) in [5, 5.41) is 0. The minimum absolute atomic E-state index is 0. The molecular formula is C24H31ClN2O4. The summed E-state index contributed by atoms with van der Waals surface area (Å²) in [6.45, 7) is 4.53. The zero-order valence-corrected chi connectivity index (χ0v) is 19.0. The van der Waals surface area contributed by atoms with Gasteiger partial charge in [-0.1, -0.05) is 30.3 Å². The van der Waals surface area contributed by atoms with Crippen LogP contribution >= 0.6 is 12.4 Å². The monoisotopic (exact) mass is 446 g/mol. The molecule has 2 aromatic carbocycles. The van der Waals surface area contributed by atoms with E-state index in [2.05, 4.69) is 42.2 Å². The zero-order chi connectivity index (χ0) is 20.9. The molecule has 168 valence electrons. The number of halogens is 1. The third kappa shape index (κ3) is 5.50. The fourth-order valence-corrected chi connectivity index (χ4v) is 4.46. The Morgan fingerprint density at radius 1 is 1.13 bits per heavy atom. The van der Waals surface area contributed by atoms with Gasteiger partial charge in [-0.15, -0.1) is 12.4 Å². The number of fused-ring (bicyclic) bond motifs is 1. The van der Waals surface area contributed by atoms with Crippen LogP contribution in [-0.4, -0.2) is 56.5 Å². The van der Waals surface area contributed by atoms with Crippen molar-refractivity contribution in [3.8, 4) is 11.5 Å². The Balaban J connectivity index is 0.00000272. The average molecular weight is 447 g/mol. The summed E-state index contributed by atoms with van der Waals surface area (Å²) >= 11 is 0. The molecule has 0 N–H and O–H groups in total. The summed E-state index contributed by atoms with van der Waals surface area (Å²) < 4.78 is 16.1. The van der Waals surface area contributed by atoms with E-state index in [1.165, 1.54) is 5.56 Å². The third-order valence-electron chi connectivity index (χ3n) is 6.03. The minimum atomic E-state index is -0.0212. The topological polar surface area (TPSA) is 51.2 Å². The summed E-state index contributed by atoms with van der Waals surface area (Å²) in [6, 6.07) is 17.0. The van der Waals surface area contributed by atoms with E-state index in [4.69, 9.17) is 14.2 Å². The van der Waals surface area contributed by atoms with Gasteiger partial charge in [-0.05, 0) is 43.9 Å². The maximum absolute atomic E-state index is 12.9. The van der Waals surface area contributed by atoms with Crippen LogP contribution in [0.4, 0.5) is 5.69 Å². The number of hydrogen-bond acceptors (Lipinski definition) is 5. The lowest BCUT2D eigenvalue weighted by atomic mass is 9.98. The highest BCUT2D eigenvalue weighted by Crippen LogP contribution is 2.37. The fourth-order valence-electron chi connectivity index (χ4n) is 4.46. The predicted molar refractivity (Wildman–Crippen MR) is 123 cm³/mol. The number of ether oxygens (including phenoxy) is 3. The van der Waals surface area contributed by atoms with Gasteiger partial charge in [-0.3, -0.25) is 4.79 Å². The van der Waals surface area contributed by atoms with Crippen molar-refractivity contribution in [3.63, 3.8) is 0 Å². The van der Waals surface area contributed by atoms with Gasteiger partial charge in [0.05, 0.1) is 0 Å². The first-order valence-corrected chi connectivity index (χ1v) is 10.6. The molecule has 1 atom stereocenters. The fraction of sp³-hybridized carbons (Fsp3) is 0.458. The quantitative estimate of drug-likeness (QED) is 0.645. The van der Waals surface area contributed by atoms with Crippen molar-refractivity contribution in [2.24, 2.45) is 0 Å². The second-order valence-electron chi connectivity index (χ2n) is 8.04. The Bertz CT molecular complexity index is 856. The molecule has 1 saturated heterocycles. The lowest BCUT2D eigenvalue weighted by Gasteiger charge is -2.40. The first-order chi connectivity index (χ1) is 14.7. The molecule has 0 bridgehead atoms. The Morgan fingerprint density at radius 2 is 1.84 bits per heavy atom. The molecule has 2 aliphatic heterocycles. The summed E-state index contributed by atoms with van der Waals surface area (Å²) in [7, 11) is 1.56. The number of nitrogens with zero attached hydrogens (tertiary/aromatic N) is 2. The summed E-state index contributed by atoms with van der Waals surface area (Å²) in [5.74, 6) is 1.39. The van der Waals surface area contributed by atoms with Gasteiger partial charge < -0.3 is 24.0 Å². The van der Waals surface area contributed by atoms with Crippen LogP contribution < -0.4 is 14.4 Å². The van der Waals surface area contributed by atoms with Gasteiger partial charge in [-0.2, -0.15) is 0 Å². The van der Waals surface area contributed by atoms with Crippen LogP contribution in [0.2, 0.25) is 0 Å². The van der Waals surface area contributed by atoms with Gasteiger partial charge in [-0.25, -0.2) is 0 Å². The summed E-state index contributed by atoms with van der Waals surface area (Å²) in [6.07, 6.45) is 2.91. The van der Waals surface area contributed by atoms with Crippen LogP contribution in [0, 0.1) is 0 Å². The Kier molecular flexibility index (Phi) is 8.18. The number of rotatable bonds is 7. The molecule has 31 heavy (non-hydrogen) atoms. The smallest absolute Gasteiger partial charge is 0.253 e. The molecule has 6 nitrogen and oxygen atoms in total. The van der Waals surface area contributed by atoms with Crippen LogP contribution in [0.25, 0.3) is 0 Å². The number of hydrogen-bond donors (Lipinski definition) is 0. The molecule has 0 saturated carbocycles. The maximum Gasteiger partial charge on any atom is 0.253 e. The largest absolute Gasteiger partial charge is 0.454 e. The first kappa shape index (κ1) is 23.4. The number of methoxy groups -OCH3 is 1. The number of amides is 1. The van der Waals surface area contributed by atoms with Crippen molar-refractivity contribution < 1.29 is 19.0 Å².